The van der Waals surface area contributed by atoms with E-state index in [1.54, 1.807) is 0 Å². The monoisotopic (exact) mass is 323 g/mol. The number of rotatable bonds is 4. The molecule has 6 heteroatoms. The maximum Gasteiger partial charge on any atom is 0.272 e. The van der Waals surface area contributed by atoms with E-state index in [1.807, 2.05) is 6.20 Å². The van der Waals surface area contributed by atoms with E-state index in [1.165, 1.54) is 22.0 Å². The first-order chi connectivity index (χ1) is 11.7. The topological polar surface area (TPSA) is 85.6 Å². The third-order valence-corrected chi connectivity index (χ3v) is 4.71. The predicted octanol–water partition coefficient (Wildman–Crippen LogP) is 1.82. The number of aromatic nitrogens is 3. The highest BCUT2D eigenvalue weighted by atomic mass is 16.1. The van der Waals surface area contributed by atoms with E-state index < -0.39 is 0 Å². The summed E-state index contributed by atoms with van der Waals surface area (Å²) in [5.41, 5.74) is 6.23. The Morgan fingerprint density at radius 1 is 1.38 bits per heavy atom. The van der Waals surface area contributed by atoms with Crippen molar-refractivity contribution in [3.05, 3.63) is 52.5 Å². The minimum absolute atomic E-state index is 0.104. The number of nitrogens with one attached hydrogen (secondary N) is 4. The van der Waals surface area contributed by atoms with Gasteiger partial charge in [0.1, 0.15) is 0 Å². The summed E-state index contributed by atoms with van der Waals surface area (Å²) >= 11 is 0. The van der Waals surface area contributed by atoms with Crippen LogP contribution in [0.3, 0.4) is 0 Å². The summed E-state index contributed by atoms with van der Waals surface area (Å²) in [6.45, 7) is 4.32. The molecule has 0 spiro atoms. The molecule has 1 aromatic carbocycles. The largest absolute Gasteiger partial charge is 0.361 e. The first-order valence-corrected chi connectivity index (χ1v) is 8.34. The molecule has 1 aliphatic rings. The molecule has 4 N–H and O–H groups in total. The van der Waals surface area contributed by atoms with Crippen LogP contribution in [-0.2, 0) is 19.4 Å². The van der Waals surface area contributed by atoms with Crippen LogP contribution in [0.1, 0.15) is 32.9 Å². The Balaban J connectivity index is 1.43. The first kappa shape index (κ1) is 15.0. The van der Waals surface area contributed by atoms with Crippen molar-refractivity contribution in [3.63, 3.8) is 0 Å². The number of carbonyl (C=O) groups excluding carboxylic acids is 1. The SMILES string of the molecule is Cc1cccc2c(CCNC(=O)c3n[nH]c4c3CNCC4)c[nH]c12. The predicted molar refractivity (Wildman–Crippen MR) is 93.1 cm³/mol. The zero-order chi connectivity index (χ0) is 16.5. The second kappa shape index (κ2) is 6.13. The van der Waals surface area contributed by atoms with Crippen molar-refractivity contribution in [1.29, 1.82) is 0 Å². The summed E-state index contributed by atoms with van der Waals surface area (Å²) in [5, 5.41) is 14.7. The molecule has 0 bridgehead atoms. The number of para-hydroxylation sites is 1. The zero-order valence-electron chi connectivity index (χ0n) is 13.7. The van der Waals surface area contributed by atoms with Crippen LogP contribution < -0.4 is 10.6 Å². The van der Waals surface area contributed by atoms with Crippen LogP contribution >= 0.6 is 0 Å². The third-order valence-electron chi connectivity index (χ3n) is 4.71. The Kier molecular flexibility index (Phi) is 3.82. The molecule has 4 rings (SSSR count). The normalized spacial score (nSPS) is 13.9. The molecular formula is C18H21N5O. The van der Waals surface area contributed by atoms with Gasteiger partial charge in [0.05, 0.1) is 0 Å². The molecule has 1 amide bonds. The molecule has 0 saturated carbocycles. The highest BCUT2D eigenvalue weighted by molar-refractivity contribution is 5.94. The Bertz CT molecular complexity index is 892. The lowest BCUT2D eigenvalue weighted by Gasteiger charge is -2.12. The van der Waals surface area contributed by atoms with Gasteiger partial charge in [0.15, 0.2) is 5.69 Å². The van der Waals surface area contributed by atoms with Crippen LogP contribution in [0.2, 0.25) is 0 Å². The summed E-state index contributed by atoms with van der Waals surface area (Å²) in [7, 11) is 0. The Morgan fingerprint density at radius 3 is 3.21 bits per heavy atom. The second-order valence-electron chi connectivity index (χ2n) is 6.27. The van der Waals surface area contributed by atoms with Crippen LogP contribution in [0.15, 0.2) is 24.4 Å². The number of benzene rings is 1. The van der Waals surface area contributed by atoms with E-state index in [4.69, 9.17) is 0 Å². The Morgan fingerprint density at radius 2 is 2.29 bits per heavy atom. The van der Waals surface area contributed by atoms with Crippen molar-refractivity contribution in [2.45, 2.75) is 26.3 Å². The number of amides is 1. The highest BCUT2D eigenvalue weighted by Gasteiger charge is 2.21. The molecular weight excluding hydrogens is 302 g/mol. The van der Waals surface area contributed by atoms with E-state index >= 15 is 0 Å². The van der Waals surface area contributed by atoms with Gasteiger partial charge in [0.25, 0.3) is 5.91 Å². The molecule has 6 nitrogen and oxygen atoms in total. The fraction of sp³-hybridized carbons (Fsp3) is 0.333. The van der Waals surface area contributed by atoms with Crippen LogP contribution in [-0.4, -0.2) is 34.2 Å². The molecule has 0 aliphatic carbocycles. The van der Waals surface area contributed by atoms with Crippen molar-refractivity contribution >= 4 is 16.8 Å². The lowest BCUT2D eigenvalue weighted by atomic mass is 10.1. The summed E-state index contributed by atoms with van der Waals surface area (Å²) in [6, 6.07) is 6.28. The molecule has 3 aromatic rings. The molecule has 24 heavy (non-hydrogen) atoms. The Hall–Kier alpha value is -2.60. The minimum atomic E-state index is -0.104. The number of hydrogen-bond donors (Lipinski definition) is 4. The minimum Gasteiger partial charge on any atom is -0.361 e. The second-order valence-corrected chi connectivity index (χ2v) is 6.27. The fourth-order valence-corrected chi connectivity index (χ4v) is 3.38. The maximum absolute atomic E-state index is 12.4. The van der Waals surface area contributed by atoms with Gasteiger partial charge in [-0.25, -0.2) is 0 Å². The summed E-state index contributed by atoms with van der Waals surface area (Å²) in [5.74, 6) is -0.104. The van der Waals surface area contributed by atoms with E-state index in [0.717, 1.165) is 30.6 Å². The van der Waals surface area contributed by atoms with E-state index in [0.29, 0.717) is 18.8 Å². The number of H-pyrrole nitrogens is 2. The van der Waals surface area contributed by atoms with Gasteiger partial charge in [-0.05, 0) is 24.5 Å². The first-order valence-electron chi connectivity index (χ1n) is 8.34. The molecule has 124 valence electrons. The maximum atomic E-state index is 12.4. The van der Waals surface area contributed by atoms with Crippen molar-refractivity contribution < 1.29 is 4.79 Å². The molecule has 0 unspecified atom stereocenters. The number of hydrogen-bond acceptors (Lipinski definition) is 3. The average molecular weight is 323 g/mol. The molecule has 0 radical (unpaired) electrons. The van der Waals surface area contributed by atoms with Crippen LogP contribution in [0.25, 0.3) is 10.9 Å². The average Bonchev–Trinajstić information content (AvgIpc) is 3.20. The molecule has 2 aromatic heterocycles. The lowest BCUT2D eigenvalue weighted by molar-refractivity contribution is 0.0948. The van der Waals surface area contributed by atoms with E-state index in [-0.39, 0.29) is 5.91 Å². The zero-order valence-corrected chi connectivity index (χ0v) is 13.7. The molecule has 3 heterocycles. The fourth-order valence-electron chi connectivity index (χ4n) is 3.38. The quantitative estimate of drug-likeness (QED) is 0.591. The number of carbonyl (C=O) groups is 1. The smallest absolute Gasteiger partial charge is 0.272 e. The molecule has 1 aliphatic heterocycles. The number of aryl methyl sites for hydroxylation is 1. The highest BCUT2D eigenvalue weighted by Crippen LogP contribution is 2.21. The summed E-state index contributed by atoms with van der Waals surface area (Å²) < 4.78 is 0. The van der Waals surface area contributed by atoms with Crippen LogP contribution in [0.5, 0.6) is 0 Å². The van der Waals surface area contributed by atoms with Gasteiger partial charge >= 0.3 is 0 Å². The van der Waals surface area contributed by atoms with Crippen molar-refractivity contribution in [1.82, 2.24) is 25.8 Å². The van der Waals surface area contributed by atoms with Crippen molar-refractivity contribution in [2.24, 2.45) is 0 Å². The standard InChI is InChI=1S/C18H21N5O/c1-11-3-2-4-13-12(9-21-16(11)13)5-8-20-18(24)17-14-10-19-7-6-15(14)22-23-17/h2-4,9,19,21H,5-8,10H2,1H3,(H,20,24)(H,22,23). The summed E-state index contributed by atoms with van der Waals surface area (Å²) in [4.78, 5) is 15.7. The number of aromatic amines is 2. The van der Waals surface area contributed by atoms with Gasteiger partial charge in [-0.3, -0.25) is 9.89 Å². The molecule has 0 fully saturated rings. The van der Waals surface area contributed by atoms with Gasteiger partial charge in [0, 0.05) is 54.4 Å². The molecule has 0 atom stereocenters. The third kappa shape index (κ3) is 2.59. The number of fused-ring (bicyclic) bond motifs is 2. The van der Waals surface area contributed by atoms with Gasteiger partial charge in [-0.2, -0.15) is 5.10 Å². The van der Waals surface area contributed by atoms with E-state index in [9.17, 15) is 4.79 Å². The van der Waals surface area contributed by atoms with Crippen molar-refractivity contribution in [3.8, 4) is 0 Å². The lowest BCUT2D eigenvalue weighted by Crippen LogP contribution is -2.29. The van der Waals surface area contributed by atoms with Crippen LogP contribution in [0.4, 0.5) is 0 Å². The Labute approximate surface area is 140 Å². The van der Waals surface area contributed by atoms with Gasteiger partial charge in [-0.15, -0.1) is 0 Å². The van der Waals surface area contributed by atoms with Gasteiger partial charge in [0.2, 0.25) is 0 Å². The van der Waals surface area contributed by atoms with Crippen LogP contribution in [0, 0.1) is 6.92 Å². The van der Waals surface area contributed by atoms with Crippen molar-refractivity contribution in [2.75, 3.05) is 13.1 Å². The van der Waals surface area contributed by atoms with Gasteiger partial charge < -0.3 is 15.6 Å². The molecule has 0 saturated heterocycles. The van der Waals surface area contributed by atoms with Gasteiger partial charge in [-0.1, -0.05) is 18.2 Å². The van der Waals surface area contributed by atoms with E-state index in [2.05, 4.69) is 50.9 Å². The summed E-state index contributed by atoms with van der Waals surface area (Å²) in [6.07, 6.45) is 3.72. The number of nitrogens with zero attached hydrogens (tertiary/aromatic N) is 1.